The van der Waals surface area contributed by atoms with Gasteiger partial charge in [0, 0.05) is 13.1 Å². The van der Waals surface area contributed by atoms with Crippen molar-refractivity contribution in [2.24, 2.45) is 0 Å². The van der Waals surface area contributed by atoms with E-state index in [1.54, 1.807) is 12.1 Å². The number of nitrogens with zero attached hydrogens (tertiary/aromatic N) is 1. The first-order valence-electron chi connectivity index (χ1n) is 8.00. The van der Waals surface area contributed by atoms with Gasteiger partial charge in [-0.1, -0.05) is 13.8 Å². The number of methoxy groups -OCH3 is 1. The zero-order chi connectivity index (χ0) is 18.2. The molecule has 0 aliphatic heterocycles. The Kier molecular flexibility index (Phi) is 8.17. The lowest BCUT2D eigenvalue weighted by Gasteiger charge is -2.19. The zero-order valence-electron chi connectivity index (χ0n) is 14.7. The number of likely N-dealkylation sites (N-methyl/N-ethyl adjacent to an activating group) is 1. The highest BCUT2D eigenvalue weighted by molar-refractivity contribution is 7.89. The zero-order valence-corrected chi connectivity index (χ0v) is 15.5. The van der Waals surface area contributed by atoms with Crippen molar-refractivity contribution in [1.29, 1.82) is 0 Å². The molecule has 0 heterocycles. The van der Waals surface area contributed by atoms with Crippen LogP contribution in [0.25, 0.3) is 0 Å². The molecule has 0 saturated carbocycles. The van der Waals surface area contributed by atoms with Gasteiger partial charge in [0.2, 0.25) is 15.9 Å². The van der Waals surface area contributed by atoms with E-state index in [2.05, 4.69) is 28.8 Å². The number of carbonyl (C=O) groups is 1. The first-order chi connectivity index (χ1) is 11.3. The second kappa shape index (κ2) is 9.61. The van der Waals surface area contributed by atoms with Gasteiger partial charge in [-0.2, -0.15) is 4.72 Å². The van der Waals surface area contributed by atoms with Gasteiger partial charge in [-0.3, -0.25) is 4.79 Å². The largest absolute Gasteiger partial charge is 0.497 e. The molecule has 0 aliphatic rings. The van der Waals surface area contributed by atoms with E-state index in [1.807, 2.05) is 0 Å². The molecule has 7 nitrogen and oxygen atoms in total. The van der Waals surface area contributed by atoms with Crippen LogP contribution < -0.4 is 14.8 Å². The van der Waals surface area contributed by atoms with Crippen LogP contribution in [0.1, 0.15) is 20.8 Å². The van der Waals surface area contributed by atoms with E-state index in [9.17, 15) is 13.2 Å². The van der Waals surface area contributed by atoms with E-state index in [1.165, 1.54) is 26.2 Å². The molecule has 136 valence electrons. The van der Waals surface area contributed by atoms with Crippen molar-refractivity contribution in [2.75, 3.05) is 33.3 Å². The number of hydrogen-bond acceptors (Lipinski definition) is 5. The first kappa shape index (κ1) is 20.4. The fourth-order valence-electron chi connectivity index (χ4n) is 2.14. The van der Waals surface area contributed by atoms with E-state index in [-0.39, 0.29) is 10.8 Å². The van der Waals surface area contributed by atoms with Gasteiger partial charge < -0.3 is 15.0 Å². The van der Waals surface area contributed by atoms with Crippen LogP contribution >= 0.6 is 0 Å². The molecule has 0 radical (unpaired) electrons. The summed E-state index contributed by atoms with van der Waals surface area (Å²) < 4.78 is 31.9. The van der Waals surface area contributed by atoms with Crippen LogP contribution in [0.3, 0.4) is 0 Å². The van der Waals surface area contributed by atoms with Crippen molar-refractivity contribution in [1.82, 2.24) is 14.9 Å². The molecule has 2 N–H and O–H groups in total. The maximum absolute atomic E-state index is 12.3. The summed E-state index contributed by atoms with van der Waals surface area (Å²) in [5, 5.41) is 2.75. The summed E-state index contributed by atoms with van der Waals surface area (Å²) in [7, 11) is -2.25. The van der Waals surface area contributed by atoms with E-state index in [0.717, 1.165) is 19.6 Å². The molecule has 0 aliphatic carbocycles. The van der Waals surface area contributed by atoms with Gasteiger partial charge >= 0.3 is 0 Å². The molecule has 24 heavy (non-hydrogen) atoms. The number of rotatable bonds is 10. The van der Waals surface area contributed by atoms with Crippen LogP contribution in [-0.4, -0.2) is 58.6 Å². The highest BCUT2D eigenvalue weighted by Gasteiger charge is 2.21. The molecule has 0 fully saturated rings. The molecule has 0 saturated heterocycles. The minimum Gasteiger partial charge on any atom is -0.497 e. The van der Waals surface area contributed by atoms with E-state index >= 15 is 0 Å². The van der Waals surface area contributed by atoms with Crippen molar-refractivity contribution in [3.05, 3.63) is 24.3 Å². The standard InChI is InChI=1S/C16H27N3O4S/c1-5-19(6-2)12-11-17-16(20)13(3)18-24(21,22)15-9-7-14(23-4)8-10-15/h7-10,13,18H,5-6,11-12H2,1-4H3,(H,17,20)/t13-/m0/s1. The molecular formula is C16H27N3O4S. The summed E-state index contributed by atoms with van der Waals surface area (Å²) in [5.74, 6) is 0.218. The number of hydrogen-bond donors (Lipinski definition) is 2. The fraction of sp³-hybridized carbons (Fsp3) is 0.562. The van der Waals surface area contributed by atoms with Gasteiger partial charge in [-0.15, -0.1) is 0 Å². The highest BCUT2D eigenvalue weighted by atomic mass is 32.2. The van der Waals surface area contributed by atoms with Crippen molar-refractivity contribution in [3.63, 3.8) is 0 Å². The number of benzene rings is 1. The van der Waals surface area contributed by atoms with Gasteiger partial charge in [0.1, 0.15) is 5.75 Å². The molecule has 0 aromatic heterocycles. The van der Waals surface area contributed by atoms with Gasteiger partial charge in [0.05, 0.1) is 18.0 Å². The summed E-state index contributed by atoms with van der Waals surface area (Å²) in [6.07, 6.45) is 0. The Labute approximate surface area is 144 Å². The van der Waals surface area contributed by atoms with Crippen LogP contribution in [-0.2, 0) is 14.8 Å². The molecule has 1 aromatic rings. The van der Waals surface area contributed by atoms with Crippen molar-refractivity contribution >= 4 is 15.9 Å². The SMILES string of the molecule is CCN(CC)CCNC(=O)[C@H](C)NS(=O)(=O)c1ccc(OC)cc1. The topological polar surface area (TPSA) is 87.7 Å². The summed E-state index contributed by atoms with van der Waals surface area (Å²) in [5.41, 5.74) is 0. The Balaban J connectivity index is 2.57. The van der Waals surface area contributed by atoms with Crippen LogP contribution in [0.15, 0.2) is 29.2 Å². The number of amides is 1. The second-order valence-electron chi connectivity index (χ2n) is 5.34. The Morgan fingerprint density at radius 1 is 1.21 bits per heavy atom. The highest BCUT2D eigenvalue weighted by Crippen LogP contribution is 2.15. The molecule has 0 unspecified atom stereocenters. The van der Waals surface area contributed by atoms with Crippen LogP contribution in [0, 0.1) is 0 Å². The van der Waals surface area contributed by atoms with Crippen molar-refractivity contribution in [2.45, 2.75) is 31.7 Å². The minimum absolute atomic E-state index is 0.0890. The molecule has 0 spiro atoms. The summed E-state index contributed by atoms with van der Waals surface area (Å²) in [4.78, 5) is 14.3. The predicted octanol–water partition coefficient (Wildman–Crippen LogP) is 0.820. The summed E-state index contributed by atoms with van der Waals surface area (Å²) >= 11 is 0. The number of carbonyl (C=O) groups excluding carboxylic acids is 1. The molecule has 1 aromatic carbocycles. The monoisotopic (exact) mass is 357 g/mol. The Bertz CT molecular complexity index is 613. The normalized spacial score (nSPS) is 12.9. The van der Waals surface area contributed by atoms with Crippen molar-refractivity contribution < 1.29 is 17.9 Å². The minimum atomic E-state index is -3.76. The molecular weight excluding hydrogens is 330 g/mol. The lowest BCUT2D eigenvalue weighted by atomic mass is 10.3. The smallest absolute Gasteiger partial charge is 0.241 e. The molecule has 1 atom stereocenters. The molecule has 0 bridgehead atoms. The molecule has 1 amide bonds. The summed E-state index contributed by atoms with van der Waals surface area (Å²) in [6, 6.07) is 5.14. The van der Waals surface area contributed by atoms with Gasteiger partial charge in [-0.05, 0) is 44.3 Å². The van der Waals surface area contributed by atoms with Crippen LogP contribution in [0.4, 0.5) is 0 Å². The summed E-state index contributed by atoms with van der Waals surface area (Å²) in [6.45, 7) is 8.66. The maximum atomic E-state index is 12.3. The lowest BCUT2D eigenvalue weighted by molar-refractivity contribution is -0.122. The second-order valence-corrected chi connectivity index (χ2v) is 7.05. The molecule has 1 rings (SSSR count). The number of sulfonamides is 1. The van der Waals surface area contributed by atoms with E-state index in [4.69, 9.17) is 4.74 Å². The maximum Gasteiger partial charge on any atom is 0.241 e. The van der Waals surface area contributed by atoms with Crippen LogP contribution in [0.2, 0.25) is 0 Å². The molecule has 8 heteroatoms. The third-order valence-corrected chi connectivity index (χ3v) is 5.27. The average Bonchev–Trinajstić information content (AvgIpc) is 2.58. The number of ether oxygens (including phenoxy) is 1. The Morgan fingerprint density at radius 3 is 2.29 bits per heavy atom. The predicted molar refractivity (Wildman–Crippen MR) is 93.6 cm³/mol. The average molecular weight is 357 g/mol. The van der Waals surface area contributed by atoms with Crippen LogP contribution in [0.5, 0.6) is 5.75 Å². The van der Waals surface area contributed by atoms with Gasteiger partial charge in [0.25, 0.3) is 0 Å². The third kappa shape index (κ3) is 6.10. The van der Waals surface area contributed by atoms with E-state index < -0.39 is 16.1 Å². The first-order valence-corrected chi connectivity index (χ1v) is 9.48. The van der Waals surface area contributed by atoms with Gasteiger partial charge in [-0.25, -0.2) is 8.42 Å². The third-order valence-electron chi connectivity index (χ3n) is 3.72. The van der Waals surface area contributed by atoms with Crippen molar-refractivity contribution in [3.8, 4) is 5.75 Å². The number of nitrogens with one attached hydrogen (secondary N) is 2. The quantitative estimate of drug-likeness (QED) is 0.647. The van der Waals surface area contributed by atoms with E-state index in [0.29, 0.717) is 12.3 Å². The Morgan fingerprint density at radius 2 is 1.79 bits per heavy atom. The fourth-order valence-corrected chi connectivity index (χ4v) is 3.34. The van der Waals surface area contributed by atoms with Gasteiger partial charge in [0.15, 0.2) is 0 Å². The lowest BCUT2D eigenvalue weighted by Crippen LogP contribution is -2.46. The Hall–Kier alpha value is -1.64.